The van der Waals surface area contributed by atoms with Gasteiger partial charge < -0.3 is 0 Å². The summed E-state index contributed by atoms with van der Waals surface area (Å²) in [6, 6.07) is 0. The van der Waals surface area contributed by atoms with Crippen LogP contribution in [-0.2, 0) is 0 Å². The van der Waals surface area contributed by atoms with Crippen molar-refractivity contribution in [2.45, 2.75) is 110 Å². The van der Waals surface area contributed by atoms with E-state index in [1.54, 1.807) is 0 Å². The first-order valence-corrected chi connectivity index (χ1v) is 9.51. The highest BCUT2D eigenvalue weighted by molar-refractivity contribution is 8.93. The lowest BCUT2D eigenvalue weighted by Crippen LogP contribution is -2.32. The Bertz CT molecular complexity index is 178. The highest BCUT2D eigenvalue weighted by atomic mass is 79.9. The second-order valence-electron chi connectivity index (χ2n) is 6.42. The fourth-order valence-corrected chi connectivity index (χ4v) is 3.91. The molecule has 20 heavy (non-hydrogen) atoms. The van der Waals surface area contributed by atoms with Gasteiger partial charge in [-0.05, 0) is 36.8 Å². The van der Waals surface area contributed by atoms with Gasteiger partial charge in [-0.3, -0.25) is 0 Å². The molecule has 0 aromatic rings. The van der Waals surface area contributed by atoms with Crippen LogP contribution in [0.2, 0.25) is 0 Å². The summed E-state index contributed by atoms with van der Waals surface area (Å²) in [7, 11) is 3.32. The predicted molar refractivity (Wildman–Crippen MR) is 104 cm³/mol. The maximum atomic E-state index is 3.32. The van der Waals surface area contributed by atoms with E-state index >= 15 is 0 Å². The standard InChI is InChI=1S/C18H39P.BrH/c1-5-9-13-17(14-10-6-2)18(19,15-11-7-3)16-12-8-4;/h17H,5-16,19H2,1-4H3;1H. The van der Waals surface area contributed by atoms with E-state index in [0.717, 1.165) is 5.92 Å². The van der Waals surface area contributed by atoms with E-state index in [9.17, 15) is 0 Å². The van der Waals surface area contributed by atoms with Crippen LogP contribution in [0.25, 0.3) is 0 Å². The molecule has 0 saturated heterocycles. The fraction of sp³-hybridized carbons (Fsp3) is 1.00. The molecule has 0 rings (SSSR count). The van der Waals surface area contributed by atoms with Crippen molar-refractivity contribution in [2.75, 3.05) is 0 Å². The largest absolute Gasteiger partial charge is 0.131 e. The molecule has 0 bridgehead atoms. The minimum Gasteiger partial charge on any atom is -0.131 e. The van der Waals surface area contributed by atoms with Crippen molar-refractivity contribution in [3.63, 3.8) is 0 Å². The second-order valence-corrected chi connectivity index (χ2v) is 7.57. The highest BCUT2D eigenvalue weighted by Gasteiger charge is 2.32. The lowest BCUT2D eigenvalue weighted by atomic mass is 9.77. The number of halogens is 1. The molecule has 0 aromatic carbocycles. The Kier molecular flexibility index (Phi) is 17.2. The van der Waals surface area contributed by atoms with Gasteiger partial charge in [0.2, 0.25) is 0 Å². The molecule has 0 spiro atoms. The van der Waals surface area contributed by atoms with E-state index in [1.165, 1.54) is 77.0 Å². The molecule has 0 aromatic heterocycles. The van der Waals surface area contributed by atoms with Gasteiger partial charge in [0.25, 0.3) is 0 Å². The van der Waals surface area contributed by atoms with Crippen molar-refractivity contribution < 1.29 is 0 Å². The normalized spacial score (nSPS) is 11.7. The molecular weight excluding hydrogens is 327 g/mol. The molecule has 2 heteroatoms. The second kappa shape index (κ2) is 14.8. The minimum absolute atomic E-state index is 0. The molecule has 0 amide bonds. The van der Waals surface area contributed by atoms with Crippen LogP contribution in [0.3, 0.4) is 0 Å². The van der Waals surface area contributed by atoms with E-state index in [0.29, 0.717) is 5.16 Å². The summed E-state index contributed by atoms with van der Waals surface area (Å²) in [5.74, 6) is 0.940. The van der Waals surface area contributed by atoms with Crippen LogP contribution in [0.5, 0.6) is 0 Å². The molecule has 0 saturated carbocycles. The molecule has 0 aliphatic carbocycles. The number of hydrogen-bond acceptors (Lipinski definition) is 0. The molecule has 0 radical (unpaired) electrons. The Morgan fingerprint density at radius 3 is 1.35 bits per heavy atom. The molecule has 1 unspecified atom stereocenters. The quantitative estimate of drug-likeness (QED) is 0.295. The lowest BCUT2D eigenvalue weighted by molar-refractivity contribution is 0.276. The van der Waals surface area contributed by atoms with E-state index in [-0.39, 0.29) is 17.0 Å². The van der Waals surface area contributed by atoms with Crippen LogP contribution < -0.4 is 0 Å². The molecule has 0 heterocycles. The zero-order valence-electron chi connectivity index (χ0n) is 14.5. The Hall–Kier alpha value is 0.910. The Morgan fingerprint density at radius 1 is 0.700 bits per heavy atom. The van der Waals surface area contributed by atoms with Crippen LogP contribution in [0, 0.1) is 5.92 Å². The monoisotopic (exact) mass is 366 g/mol. The van der Waals surface area contributed by atoms with Crippen LogP contribution in [0.1, 0.15) is 105 Å². The van der Waals surface area contributed by atoms with Crippen LogP contribution >= 0.6 is 26.2 Å². The minimum atomic E-state index is 0. The summed E-state index contributed by atoms with van der Waals surface area (Å²) in [5.41, 5.74) is 0. The van der Waals surface area contributed by atoms with E-state index in [2.05, 4.69) is 36.9 Å². The van der Waals surface area contributed by atoms with Gasteiger partial charge in [-0.2, -0.15) is 0 Å². The van der Waals surface area contributed by atoms with Gasteiger partial charge in [0.05, 0.1) is 0 Å². The first-order chi connectivity index (χ1) is 9.14. The summed E-state index contributed by atoms with van der Waals surface area (Å²) in [5, 5.41) is 0.538. The van der Waals surface area contributed by atoms with Gasteiger partial charge in [0.15, 0.2) is 0 Å². The van der Waals surface area contributed by atoms with E-state index in [4.69, 9.17) is 0 Å². The lowest BCUT2D eigenvalue weighted by Gasteiger charge is -2.38. The highest BCUT2D eigenvalue weighted by Crippen LogP contribution is 2.43. The smallest absolute Gasteiger partial charge is 0.0122 e. The summed E-state index contributed by atoms with van der Waals surface area (Å²) < 4.78 is 0. The zero-order valence-corrected chi connectivity index (χ0v) is 17.4. The van der Waals surface area contributed by atoms with E-state index < -0.39 is 0 Å². The number of rotatable bonds is 13. The Morgan fingerprint density at radius 2 is 1.05 bits per heavy atom. The van der Waals surface area contributed by atoms with Gasteiger partial charge >= 0.3 is 0 Å². The third-order valence-corrected chi connectivity index (χ3v) is 5.67. The number of hydrogen-bond donors (Lipinski definition) is 0. The molecule has 0 aliphatic heterocycles. The average Bonchev–Trinajstić information content (AvgIpc) is 2.43. The molecule has 0 aliphatic rings. The Labute approximate surface area is 142 Å². The van der Waals surface area contributed by atoms with Crippen LogP contribution in [0.15, 0.2) is 0 Å². The van der Waals surface area contributed by atoms with Crippen molar-refractivity contribution in [1.29, 1.82) is 0 Å². The van der Waals surface area contributed by atoms with E-state index in [1.807, 2.05) is 0 Å². The zero-order chi connectivity index (χ0) is 14.6. The van der Waals surface area contributed by atoms with Crippen molar-refractivity contribution >= 4 is 26.2 Å². The van der Waals surface area contributed by atoms with Crippen molar-refractivity contribution in [3.05, 3.63) is 0 Å². The van der Waals surface area contributed by atoms with Gasteiger partial charge in [0.1, 0.15) is 0 Å². The molecule has 0 nitrogen and oxygen atoms in total. The third kappa shape index (κ3) is 9.78. The van der Waals surface area contributed by atoms with Gasteiger partial charge in [-0.25, -0.2) is 0 Å². The van der Waals surface area contributed by atoms with Crippen molar-refractivity contribution in [1.82, 2.24) is 0 Å². The fourth-order valence-electron chi connectivity index (χ4n) is 3.17. The number of unbranched alkanes of at least 4 members (excludes halogenated alkanes) is 4. The summed E-state index contributed by atoms with van der Waals surface area (Å²) in [6.07, 6.45) is 16.8. The van der Waals surface area contributed by atoms with Gasteiger partial charge in [-0.15, -0.1) is 26.2 Å². The average molecular weight is 367 g/mol. The molecule has 124 valence electrons. The topological polar surface area (TPSA) is 0 Å². The third-order valence-electron chi connectivity index (χ3n) is 4.62. The van der Waals surface area contributed by atoms with Crippen LogP contribution in [-0.4, -0.2) is 5.16 Å². The summed E-state index contributed by atoms with van der Waals surface area (Å²) in [6.45, 7) is 9.33. The summed E-state index contributed by atoms with van der Waals surface area (Å²) in [4.78, 5) is 0. The van der Waals surface area contributed by atoms with Crippen LogP contribution in [0.4, 0.5) is 0 Å². The molecule has 0 N–H and O–H groups in total. The maximum Gasteiger partial charge on any atom is -0.0122 e. The first-order valence-electron chi connectivity index (χ1n) is 8.93. The van der Waals surface area contributed by atoms with Gasteiger partial charge in [-0.1, -0.05) is 79.1 Å². The maximum absolute atomic E-state index is 3.32. The van der Waals surface area contributed by atoms with Crippen molar-refractivity contribution in [2.24, 2.45) is 5.92 Å². The molecule has 0 fully saturated rings. The SMILES string of the molecule is Br.CCCCC(CCCC)C(P)(CCCC)CCCC. The first kappa shape index (κ1) is 23.2. The van der Waals surface area contributed by atoms with Gasteiger partial charge in [0, 0.05) is 0 Å². The molecule has 1 atom stereocenters. The molecular formula is C18H40BrP. The summed E-state index contributed by atoms with van der Waals surface area (Å²) >= 11 is 0. The van der Waals surface area contributed by atoms with Crippen molar-refractivity contribution in [3.8, 4) is 0 Å². The Balaban J connectivity index is 0. The predicted octanol–water partition coefficient (Wildman–Crippen LogP) is 7.56.